The predicted molar refractivity (Wildman–Crippen MR) is 131 cm³/mol. The summed E-state index contributed by atoms with van der Waals surface area (Å²) in [7, 11) is 2.76. The zero-order chi connectivity index (χ0) is 24.1. The largest absolute Gasteiger partial charge is 0.469 e. The fourth-order valence-electron chi connectivity index (χ4n) is 4.21. The highest BCUT2D eigenvalue weighted by atomic mass is 32.1. The molecule has 3 heterocycles. The summed E-state index contributed by atoms with van der Waals surface area (Å²) >= 11 is 5.71. The lowest BCUT2D eigenvalue weighted by atomic mass is 10.0. The van der Waals surface area contributed by atoms with E-state index in [2.05, 4.69) is 25.8 Å². The van der Waals surface area contributed by atoms with E-state index in [0.717, 1.165) is 17.1 Å². The van der Waals surface area contributed by atoms with Gasteiger partial charge in [0.2, 0.25) is 0 Å². The Bertz CT molecular complexity index is 1160. The monoisotopic (exact) mass is 478 g/mol. The van der Waals surface area contributed by atoms with Gasteiger partial charge in [0.1, 0.15) is 0 Å². The number of nitrogens with zero attached hydrogens (tertiary/aromatic N) is 3. The van der Waals surface area contributed by atoms with Crippen molar-refractivity contribution in [3.63, 3.8) is 0 Å². The van der Waals surface area contributed by atoms with E-state index < -0.39 is 0 Å². The Labute approximate surface area is 203 Å². The van der Waals surface area contributed by atoms with Crippen LogP contribution in [0.4, 0.5) is 0 Å². The van der Waals surface area contributed by atoms with E-state index in [1.165, 1.54) is 14.2 Å². The van der Waals surface area contributed by atoms with E-state index in [-0.39, 0.29) is 24.0 Å². The number of ether oxygens (including phenoxy) is 2. The van der Waals surface area contributed by atoms with Gasteiger partial charge >= 0.3 is 11.9 Å². The number of thiocarbonyl (C=S) groups is 1. The third-order valence-corrected chi connectivity index (χ3v) is 6.21. The Morgan fingerprint density at radius 1 is 1.06 bits per heavy atom. The maximum absolute atomic E-state index is 11.8. The van der Waals surface area contributed by atoms with Crippen molar-refractivity contribution >= 4 is 29.3 Å². The number of pyridine rings is 1. The first kappa shape index (κ1) is 23.4. The normalized spacial score (nSPS) is 17.4. The summed E-state index contributed by atoms with van der Waals surface area (Å²) in [5, 5.41) is 4.04. The molecule has 9 heteroatoms. The Kier molecular flexibility index (Phi) is 7.22. The van der Waals surface area contributed by atoms with Crippen LogP contribution in [0.15, 0.2) is 67.0 Å². The molecule has 0 unspecified atom stereocenters. The molecule has 1 saturated heterocycles. The molecule has 176 valence electrons. The highest BCUT2D eigenvalue weighted by Gasteiger charge is 2.41. The van der Waals surface area contributed by atoms with Crippen molar-refractivity contribution in [2.75, 3.05) is 20.8 Å². The van der Waals surface area contributed by atoms with Crippen LogP contribution < -0.4 is 5.32 Å². The van der Waals surface area contributed by atoms with Crippen molar-refractivity contribution in [1.29, 1.82) is 0 Å². The first-order valence-electron chi connectivity index (χ1n) is 10.9. The molecule has 1 aromatic carbocycles. The standard InChI is InChI=1S/C25H26N4O4S/c1-32-21(30)9-6-16-29-23(22(27-25(29)34)19-7-3-4-14-26-19)20-8-5-15-28(20)18-12-10-17(11-13-18)24(31)33-2/h3-5,7-8,10-15,22-23H,6,9,16H2,1-2H3,(H,27,34)/t22-,23-/m0/s1. The molecule has 1 aliphatic heterocycles. The SMILES string of the molecule is COC(=O)CCCN1C(=S)N[C@@H](c2ccccn2)[C@@H]1c1cccn1-c1ccc(C(=O)OC)cc1. The summed E-state index contributed by atoms with van der Waals surface area (Å²) in [5.41, 5.74) is 3.27. The van der Waals surface area contributed by atoms with Gasteiger partial charge in [-0.1, -0.05) is 6.07 Å². The molecule has 4 rings (SSSR count). The van der Waals surface area contributed by atoms with E-state index in [4.69, 9.17) is 21.7 Å². The van der Waals surface area contributed by atoms with Gasteiger partial charge in [-0.05, 0) is 67.2 Å². The molecule has 34 heavy (non-hydrogen) atoms. The molecule has 0 aliphatic carbocycles. The lowest BCUT2D eigenvalue weighted by Crippen LogP contribution is -2.31. The molecule has 1 aliphatic rings. The van der Waals surface area contributed by atoms with Crippen molar-refractivity contribution < 1.29 is 19.1 Å². The number of aromatic nitrogens is 2. The molecule has 0 saturated carbocycles. The van der Waals surface area contributed by atoms with Crippen molar-refractivity contribution in [3.05, 3.63) is 83.9 Å². The maximum Gasteiger partial charge on any atom is 0.337 e. The number of rotatable bonds is 8. The Hall–Kier alpha value is -3.72. The molecule has 0 radical (unpaired) electrons. The highest BCUT2D eigenvalue weighted by molar-refractivity contribution is 7.80. The van der Waals surface area contributed by atoms with Gasteiger partial charge in [0.25, 0.3) is 0 Å². The number of benzene rings is 1. The number of hydrogen-bond donors (Lipinski definition) is 1. The third kappa shape index (κ3) is 4.79. The topological polar surface area (TPSA) is 85.7 Å². The number of hydrogen-bond acceptors (Lipinski definition) is 6. The van der Waals surface area contributed by atoms with E-state index >= 15 is 0 Å². The lowest BCUT2D eigenvalue weighted by molar-refractivity contribution is -0.140. The third-order valence-electron chi connectivity index (χ3n) is 5.86. The van der Waals surface area contributed by atoms with Crippen LogP contribution in [0, 0.1) is 0 Å². The minimum absolute atomic E-state index is 0.157. The summed E-state index contributed by atoms with van der Waals surface area (Å²) in [6, 6.07) is 16.8. The van der Waals surface area contributed by atoms with Crippen LogP contribution in [-0.4, -0.2) is 52.3 Å². The lowest BCUT2D eigenvalue weighted by Gasteiger charge is -2.29. The first-order valence-corrected chi connectivity index (χ1v) is 11.3. The fourth-order valence-corrected chi connectivity index (χ4v) is 4.54. The summed E-state index contributed by atoms with van der Waals surface area (Å²) in [6.45, 7) is 0.585. The summed E-state index contributed by atoms with van der Waals surface area (Å²) < 4.78 is 11.7. The number of esters is 2. The van der Waals surface area contributed by atoms with Gasteiger partial charge in [0.05, 0.1) is 37.6 Å². The van der Waals surface area contributed by atoms with Gasteiger partial charge in [-0.15, -0.1) is 0 Å². The Balaban J connectivity index is 1.69. The number of carbonyl (C=O) groups is 2. The zero-order valence-electron chi connectivity index (χ0n) is 19.0. The van der Waals surface area contributed by atoms with Crippen LogP contribution >= 0.6 is 12.2 Å². The van der Waals surface area contributed by atoms with Gasteiger partial charge in [0, 0.05) is 36.7 Å². The van der Waals surface area contributed by atoms with Crippen molar-refractivity contribution in [2.24, 2.45) is 0 Å². The predicted octanol–water partition coefficient (Wildman–Crippen LogP) is 3.58. The van der Waals surface area contributed by atoms with Crippen LogP contribution in [0.25, 0.3) is 5.69 Å². The van der Waals surface area contributed by atoms with Crippen LogP contribution in [-0.2, 0) is 14.3 Å². The second kappa shape index (κ2) is 10.5. The number of methoxy groups -OCH3 is 2. The van der Waals surface area contributed by atoms with Gasteiger partial charge in [0.15, 0.2) is 5.11 Å². The van der Waals surface area contributed by atoms with Gasteiger partial charge in [-0.3, -0.25) is 9.78 Å². The molecule has 0 amide bonds. The van der Waals surface area contributed by atoms with E-state index in [9.17, 15) is 9.59 Å². The molecule has 1 N–H and O–H groups in total. The smallest absolute Gasteiger partial charge is 0.337 e. The van der Waals surface area contributed by atoms with Crippen LogP contribution in [0.1, 0.15) is 46.7 Å². The quantitative estimate of drug-likeness (QED) is 0.388. The molecule has 1 fully saturated rings. The Morgan fingerprint density at radius 3 is 2.53 bits per heavy atom. The summed E-state index contributed by atoms with van der Waals surface area (Å²) in [4.78, 5) is 30.2. The number of carbonyl (C=O) groups excluding carboxylic acids is 2. The fraction of sp³-hybridized carbons (Fsp3) is 0.280. The average molecular weight is 479 g/mol. The summed E-state index contributed by atoms with van der Waals surface area (Å²) in [5.74, 6) is -0.624. The van der Waals surface area contributed by atoms with Crippen molar-refractivity contribution in [3.8, 4) is 5.69 Å². The zero-order valence-corrected chi connectivity index (χ0v) is 19.8. The van der Waals surface area contributed by atoms with E-state index in [1.807, 2.05) is 42.6 Å². The van der Waals surface area contributed by atoms with Crippen molar-refractivity contribution in [2.45, 2.75) is 24.9 Å². The van der Waals surface area contributed by atoms with Crippen LogP contribution in [0.3, 0.4) is 0 Å². The number of nitrogens with one attached hydrogen (secondary N) is 1. The van der Waals surface area contributed by atoms with E-state index in [1.54, 1.807) is 18.3 Å². The molecule has 8 nitrogen and oxygen atoms in total. The van der Waals surface area contributed by atoms with Crippen LogP contribution in [0.2, 0.25) is 0 Å². The average Bonchev–Trinajstić information content (AvgIpc) is 3.48. The Morgan fingerprint density at radius 2 is 1.85 bits per heavy atom. The minimum Gasteiger partial charge on any atom is -0.469 e. The second-order valence-electron chi connectivity index (χ2n) is 7.84. The second-order valence-corrected chi connectivity index (χ2v) is 8.23. The molecule has 2 atom stereocenters. The molecule has 0 bridgehead atoms. The first-order chi connectivity index (χ1) is 16.5. The molecule has 3 aromatic rings. The summed E-state index contributed by atoms with van der Waals surface area (Å²) in [6.07, 6.45) is 4.66. The molecular formula is C25H26N4O4S. The van der Waals surface area contributed by atoms with Gasteiger partial charge in [-0.2, -0.15) is 0 Å². The van der Waals surface area contributed by atoms with Crippen LogP contribution in [0.5, 0.6) is 0 Å². The molecular weight excluding hydrogens is 452 g/mol. The van der Waals surface area contributed by atoms with Gasteiger partial charge < -0.3 is 24.3 Å². The van der Waals surface area contributed by atoms with E-state index in [0.29, 0.717) is 30.1 Å². The maximum atomic E-state index is 11.8. The molecule has 2 aromatic heterocycles. The minimum atomic E-state index is -0.378. The molecule has 0 spiro atoms. The van der Waals surface area contributed by atoms with Gasteiger partial charge in [-0.25, -0.2) is 4.79 Å². The highest BCUT2D eigenvalue weighted by Crippen LogP contribution is 2.39. The van der Waals surface area contributed by atoms with Crippen molar-refractivity contribution in [1.82, 2.24) is 19.8 Å².